The summed E-state index contributed by atoms with van der Waals surface area (Å²) in [7, 11) is 0. The molecule has 4 aromatic rings. The molecular weight excluding hydrogens is 463 g/mol. The van der Waals surface area contributed by atoms with Crippen molar-refractivity contribution in [3.8, 4) is 27.4 Å². The second-order valence-electron chi connectivity index (χ2n) is 7.68. The molecule has 1 aliphatic rings. The number of fused-ring (bicyclic) bond motifs is 1. The number of hydrogen-bond acceptors (Lipinski definition) is 6. The van der Waals surface area contributed by atoms with E-state index in [1.165, 1.54) is 11.3 Å². The van der Waals surface area contributed by atoms with Gasteiger partial charge in [-0.3, -0.25) is 0 Å². The lowest BCUT2D eigenvalue weighted by atomic mass is 10.0. The Hall–Kier alpha value is -2.58. The highest BCUT2D eigenvalue weighted by molar-refractivity contribution is 7.22. The lowest BCUT2D eigenvalue weighted by Crippen LogP contribution is -2.24. The van der Waals surface area contributed by atoms with Crippen LogP contribution in [0.25, 0.3) is 31.8 Å². The number of aromatic nitrogens is 2. The Kier molecular flexibility index (Phi) is 6.83. The maximum absolute atomic E-state index is 14.4. The van der Waals surface area contributed by atoms with E-state index >= 15 is 0 Å². The van der Waals surface area contributed by atoms with Gasteiger partial charge in [-0.2, -0.15) is 0 Å². The molecule has 5 rings (SSSR count). The average Bonchev–Trinajstić information content (AvgIpc) is 3.29. The molecule has 1 atom stereocenters. The van der Waals surface area contributed by atoms with Crippen LogP contribution < -0.4 is 4.74 Å². The molecule has 1 saturated heterocycles. The second kappa shape index (κ2) is 10.1. The normalized spacial score (nSPS) is 16.2. The van der Waals surface area contributed by atoms with Crippen molar-refractivity contribution in [3.63, 3.8) is 0 Å². The predicted molar refractivity (Wildman–Crippen MR) is 128 cm³/mol. The molecule has 0 spiro atoms. The molecule has 0 saturated carbocycles. The molecule has 0 amide bonds. The minimum atomic E-state index is -0.502. The van der Waals surface area contributed by atoms with E-state index in [0.717, 1.165) is 59.0 Å². The van der Waals surface area contributed by atoms with Crippen LogP contribution in [0.5, 0.6) is 5.75 Å². The van der Waals surface area contributed by atoms with E-state index in [2.05, 4.69) is 9.97 Å². The summed E-state index contributed by atoms with van der Waals surface area (Å²) >= 11 is 7.37. The van der Waals surface area contributed by atoms with Gasteiger partial charge in [-0.05, 0) is 48.4 Å². The van der Waals surface area contributed by atoms with Crippen molar-refractivity contribution >= 4 is 33.0 Å². The molecule has 1 aliphatic heterocycles. The highest BCUT2D eigenvalue weighted by atomic mass is 35.5. The largest absolute Gasteiger partial charge is 0.491 e. The van der Waals surface area contributed by atoms with Crippen molar-refractivity contribution in [3.05, 3.63) is 65.8 Å². The van der Waals surface area contributed by atoms with Crippen molar-refractivity contribution in [1.82, 2.24) is 9.97 Å². The number of thiophene rings is 1. The second-order valence-corrected chi connectivity index (χ2v) is 9.07. The van der Waals surface area contributed by atoms with Crippen LogP contribution in [-0.2, 0) is 9.47 Å². The molecule has 2 aromatic heterocycles. The molecule has 8 heteroatoms. The van der Waals surface area contributed by atoms with E-state index < -0.39 is 5.82 Å². The minimum absolute atomic E-state index is 0.0173. The Labute approximate surface area is 200 Å². The van der Waals surface area contributed by atoms with Crippen LogP contribution in [0.3, 0.4) is 0 Å². The third kappa shape index (κ3) is 5.01. The standard InChI is InChI=1S/C25H22ClFN2O3S/c26-25-28-15-19(27)23(29-25)21-14-16-6-5-8-18(24(16)33-21)17-7-1-2-9-20(17)30-12-13-32-22-10-3-4-11-31-22/h1-2,5-9,14-15,22H,3-4,10-13H2. The Morgan fingerprint density at radius 3 is 2.85 bits per heavy atom. The van der Waals surface area contributed by atoms with Gasteiger partial charge in [0, 0.05) is 22.4 Å². The van der Waals surface area contributed by atoms with E-state index in [9.17, 15) is 4.39 Å². The van der Waals surface area contributed by atoms with Gasteiger partial charge in [0.1, 0.15) is 18.1 Å². The number of ether oxygens (including phenoxy) is 3. The number of rotatable bonds is 7. The van der Waals surface area contributed by atoms with Crippen LogP contribution in [0.4, 0.5) is 4.39 Å². The zero-order valence-corrected chi connectivity index (χ0v) is 19.4. The molecule has 0 radical (unpaired) electrons. The number of para-hydroxylation sites is 1. The summed E-state index contributed by atoms with van der Waals surface area (Å²) in [5.41, 5.74) is 2.18. The van der Waals surface area contributed by atoms with Gasteiger partial charge in [0.15, 0.2) is 12.1 Å². The average molecular weight is 485 g/mol. The SMILES string of the molecule is Fc1cnc(Cl)nc1-c1cc2cccc(-c3ccccc3OCCOC3CCCCO3)c2s1. The van der Waals surface area contributed by atoms with Gasteiger partial charge in [-0.25, -0.2) is 14.4 Å². The first-order valence-corrected chi connectivity index (χ1v) is 12.0. The minimum Gasteiger partial charge on any atom is -0.491 e. The molecule has 2 aromatic carbocycles. The lowest BCUT2D eigenvalue weighted by Gasteiger charge is -2.22. The zero-order valence-electron chi connectivity index (χ0n) is 17.8. The van der Waals surface area contributed by atoms with Crippen LogP contribution in [0.2, 0.25) is 5.28 Å². The van der Waals surface area contributed by atoms with Crippen LogP contribution in [0.15, 0.2) is 54.7 Å². The zero-order chi connectivity index (χ0) is 22.6. The first-order valence-electron chi connectivity index (χ1n) is 10.9. The number of benzene rings is 2. The summed E-state index contributed by atoms with van der Waals surface area (Å²) in [6.45, 7) is 1.64. The van der Waals surface area contributed by atoms with E-state index in [-0.39, 0.29) is 17.3 Å². The molecular formula is C25H22ClFN2O3S. The summed E-state index contributed by atoms with van der Waals surface area (Å²) in [6, 6.07) is 15.8. The molecule has 5 nitrogen and oxygen atoms in total. The maximum atomic E-state index is 14.4. The Morgan fingerprint density at radius 2 is 1.97 bits per heavy atom. The van der Waals surface area contributed by atoms with Gasteiger partial charge in [-0.1, -0.05) is 36.4 Å². The fraction of sp³-hybridized carbons (Fsp3) is 0.280. The van der Waals surface area contributed by atoms with Crippen molar-refractivity contribution in [2.45, 2.75) is 25.6 Å². The highest BCUT2D eigenvalue weighted by Crippen LogP contribution is 2.42. The van der Waals surface area contributed by atoms with Crippen LogP contribution in [0.1, 0.15) is 19.3 Å². The van der Waals surface area contributed by atoms with Crippen LogP contribution in [-0.4, -0.2) is 36.1 Å². The summed E-state index contributed by atoms with van der Waals surface area (Å²) in [5.74, 6) is 0.266. The summed E-state index contributed by atoms with van der Waals surface area (Å²) in [6.07, 6.45) is 4.12. The monoisotopic (exact) mass is 484 g/mol. The third-order valence-corrected chi connectivity index (χ3v) is 6.82. The Morgan fingerprint density at radius 1 is 1.09 bits per heavy atom. The summed E-state index contributed by atoms with van der Waals surface area (Å²) in [4.78, 5) is 8.49. The van der Waals surface area contributed by atoms with Gasteiger partial charge < -0.3 is 14.2 Å². The topological polar surface area (TPSA) is 53.5 Å². The highest BCUT2D eigenvalue weighted by Gasteiger charge is 2.17. The molecule has 1 unspecified atom stereocenters. The van der Waals surface area contributed by atoms with Crippen molar-refractivity contribution in [2.24, 2.45) is 0 Å². The van der Waals surface area contributed by atoms with Gasteiger partial charge in [0.2, 0.25) is 5.28 Å². The van der Waals surface area contributed by atoms with Crippen LogP contribution in [0, 0.1) is 5.82 Å². The quantitative estimate of drug-likeness (QED) is 0.215. The Balaban J connectivity index is 1.40. The van der Waals surface area contributed by atoms with Gasteiger partial charge in [0.25, 0.3) is 0 Å². The first kappa shape index (κ1) is 22.2. The van der Waals surface area contributed by atoms with E-state index in [1.807, 2.05) is 48.5 Å². The fourth-order valence-corrected chi connectivity index (χ4v) is 5.21. The molecule has 170 valence electrons. The van der Waals surface area contributed by atoms with Crippen molar-refractivity contribution < 1.29 is 18.6 Å². The Bertz CT molecular complexity index is 1260. The maximum Gasteiger partial charge on any atom is 0.223 e. The fourth-order valence-electron chi connectivity index (χ4n) is 3.90. The summed E-state index contributed by atoms with van der Waals surface area (Å²) < 4.78 is 32.9. The molecule has 0 bridgehead atoms. The molecule has 3 heterocycles. The number of nitrogens with zero attached hydrogens (tertiary/aromatic N) is 2. The summed E-state index contributed by atoms with van der Waals surface area (Å²) in [5, 5.41) is 1.01. The predicted octanol–water partition coefficient (Wildman–Crippen LogP) is 6.74. The van der Waals surface area contributed by atoms with Gasteiger partial charge in [0.05, 0.1) is 17.7 Å². The molecule has 1 fully saturated rings. The van der Waals surface area contributed by atoms with Gasteiger partial charge in [-0.15, -0.1) is 11.3 Å². The van der Waals surface area contributed by atoms with Crippen molar-refractivity contribution in [1.29, 1.82) is 0 Å². The molecule has 33 heavy (non-hydrogen) atoms. The van der Waals surface area contributed by atoms with E-state index in [0.29, 0.717) is 18.1 Å². The van der Waals surface area contributed by atoms with E-state index in [1.54, 1.807) is 0 Å². The van der Waals surface area contributed by atoms with Crippen LogP contribution >= 0.6 is 22.9 Å². The number of hydrogen-bond donors (Lipinski definition) is 0. The number of halogens is 2. The molecule has 0 aliphatic carbocycles. The van der Waals surface area contributed by atoms with Gasteiger partial charge >= 0.3 is 0 Å². The first-order chi connectivity index (χ1) is 16.2. The molecule has 0 N–H and O–H groups in total. The third-order valence-electron chi connectivity index (χ3n) is 5.45. The van der Waals surface area contributed by atoms with E-state index in [4.69, 9.17) is 25.8 Å². The smallest absolute Gasteiger partial charge is 0.223 e. The van der Waals surface area contributed by atoms with Crippen molar-refractivity contribution in [2.75, 3.05) is 19.8 Å². The lowest BCUT2D eigenvalue weighted by molar-refractivity contribution is -0.165.